The first-order chi connectivity index (χ1) is 8.66. The predicted octanol–water partition coefficient (Wildman–Crippen LogP) is 2.56. The summed E-state index contributed by atoms with van der Waals surface area (Å²) in [6, 6.07) is 4.58. The Morgan fingerprint density at radius 2 is 2.33 bits per heavy atom. The molecule has 1 aromatic carbocycles. The van der Waals surface area contributed by atoms with E-state index in [1.807, 2.05) is 5.38 Å². The van der Waals surface area contributed by atoms with Crippen molar-refractivity contribution >= 4 is 17.2 Å². The van der Waals surface area contributed by atoms with Gasteiger partial charge in [0.1, 0.15) is 5.82 Å². The van der Waals surface area contributed by atoms with Gasteiger partial charge in [0.05, 0.1) is 16.8 Å². The van der Waals surface area contributed by atoms with Crippen LogP contribution in [0.25, 0.3) is 0 Å². The molecule has 0 unspecified atom stereocenters. The number of nitrogens with one attached hydrogen (secondary N) is 1. The van der Waals surface area contributed by atoms with Gasteiger partial charge in [0.25, 0.3) is 5.91 Å². The van der Waals surface area contributed by atoms with Gasteiger partial charge in [0, 0.05) is 18.3 Å². The van der Waals surface area contributed by atoms with E-state index in [1.165, 1.54) is 23.5 Å². The molecule has 0 aliphatic carbocycles. The molecule has 0 bridgehead atoms. The van der Waals surface area contributed by atoms with Crippen LogP contribution in [-0.2, 0) is 6.42 Å². The fraction of sp³-hybridized carbons (Fsp3) is 0.231. The van der Waals surface area contributed by atoms with Crippen LogP contribution in [0.15, 0.2) is 29.1 Å². The zero-order valence-electron chi connectivity index (χ0n) is 9.94. The number of carbonyl (C=O) groups is 1. The number of rotatable bonds is 4. The van der Waals surface area contributed by atoms with Gasteiger partial charge in [-0.2, -0.15) is 0 Å². The maximum absolute atomic E-state index is 13.5. The van der Waals surface area contributed by atoms with E-state index >= 15 is 0 Å². The highest BCUT2D eigenvalue weighted by Crippen LogP contribution is 2.09. The summed E-state index contributed by atoms with van der Waals surface area (Å²) in [6.45, 7) is 2.24. The molecule has 5 heteroatoms. The monoisotopic (exact) mass is 264 g/mol. The minimum atomic E-state index is -0.485. The summed E-state index contributed by atoms with van der Waals surface area (Å²) < 4.78 is 13.5. The van der Waals surface area contributed by atoms with Crippen LogP contribution in [0.1, 0.15) is 21.6 Å². The molecule has 0 saturated carbocycles. The fourth-order valence-corrected chi connectivity index (χ4v) is 2.16. The van der Waals surface area contributed by atoms with Crippen LogP contribution in [0.5, 0.6) is 0 Å². The Kier molecular flexibility index (Phi) is 4.04. The van der Waals surface area contributed by atoms with Gasteiger partial charge in [-0.1, -0.05) is 6.07 Å². The van der Waals surface area contributed by atoms with Gasteiger partial charge < -0.3 is 5.32 Å². The number of aryl methyl sites for hydroxylation is 1. The highest BCUT2D eigenvalue weighted by Gasteiger charge is 2.10. The third-order valence-corrected chi connectivity index (χ3v) is 3.15. The molecule has 1 heterocycles. The second-order valence-corrected chi connectivity index (χ2v) is 4.69. The van der Waals surface area contributed by atoms with Gasteiger partial charge in [-0.25, -0.2) is 9.37 Å². The molecule has 1 amide bonds. The van der Waals surface area contributed by atoms with Crippen LogP contribution in [0.2, 0.25) is 0 Å². The maximum atomic E-state index is 13.5. The van der Waals surface area contributed by atoms with Crippen molar-refractivity contribution in [2.45, 2.75) is 13.3 Å². The molecule has 18 heavy (non-hydrogen) atoms. The Bertz CT molecular complexity index is 540. The minimum absolute atomic E-state index is 0.0823. The van der Waals surface area contributed by atoms with Crippen molar-refractivity contribution in [2.75, 3.05) is 6.54 Å². The molecule has 0 atom stereocenters. The topological polar surface area (TPSA) is 42.0 Å². The van der Waals surface area contributed by atoms with Crippen molar-refractivity contribution < 1.29 is 9.18 Å². The van der Waals surface area contributed by atoms with E-state index in [9.17, 15) is 9.18 Å². The number of hydrogen-bond acceptors (Lipinski definition) is 3. The Hall–Kier alpha value is -1.75. The molecular weight excluding hydrogens is 251 g/mol. The lowest BCUT2D eigenvalue weighted by Gasteiger charge is -2.05. The second kappa shape index (κ2) is 5.73. The molecule has 0 spiro atoms. The van der Waals surface area contributed by atoms with Crippen LogP contribution >= 0.6 is 11.3 Å². The third-order valence-electron chi connectivity index (χ3n) is 2.52. The fourth-order valence-electron chi connectivity index (χ4n) is 1.56. The summed E-state index contributed by atoms with van der Waals surface area (Å²) in [5, 5.41) is 4.61. The van der Waals surface area contributed by atoms with Gasteiger partial charge in [-0.15, -0.1) is 11.3 Å². The van der Waals surface area contributed by atoms with Crippen molar-refractivity contribution in [2.24, 2.45) is 0 Å². The van der Waals surface area contributed by atoms with E-state index in [4.69, 9.17) is 0 Å². The standard InChI is InChI=1S/C13H13FN2OS/c1-9-2-3-11(12(14)6-9)13(17)15-5-4-10-7-18-8-16-10/h2-3,6-8H,4-5H2,1H3,(H,15,17). The quantitative estimate of drug-likeness (QED) is 0.922. The van der Waals surface area contributed by atoms with Gasteiger partial charge in [0.15, 0.2) is 0 Å². The summed E-state index contributed by atoms with van der Waals surface area (Å²) in [7, 11) is 0. The first-order valence-corrected chi connectivity index (χ1v) is 6.52. The predicted molar refractivity (Wildman–Crippen MR) is 69.3 cm³/mol. The second-order valence-electron chi connectivity index (χ2n) is 3.97. The molecule has 2 aromatic rings. The van der Waals surface area contributed by atoms with Crippen molar-refractivity contribution in [3.63, 3.8) is 0 Å². The molecule has 1 N–H and O–H groups in total. The first kappa shape index (κ1) is 12.7. The lowest BCUT2D eigenvalue weighted by Crippen LogP contribution is -2.26. The SMILES string of the molecule is Cc1ccc(C(=O)NCCc2cscn2)c(F)c1. The van der Waals surface area contributed by atoms with Crippen molar-refractivity contribution in [1.82, 2.24) is 10.3 Å². The molecule has 0 aliphatic rings. The zero-order chi connectivity index (χ0) is 13.0. The highest BCUT2D eigenvalue weighted by molar-refractivity contribution is 7.07. The van der Waals surface area contributed by atoms with E-state index < -0.39 is 5.82 Å². The number of carbonyl (C=O) groups excluding carboxylic acids is 1. The molecule has 0 saturated heterocycles. The van der Waals surface area contributed by atoms with Crippen molar-refractivity contribution in [3.05, 3.63) is 51.7 Å². The molecule has 0 aliphatic heterocycles. The smallest absolute Gasteiger partial charge is 0.254 e. The van der Waals surface area contributed by atoms with Crippen LogP contribution in [0.4, 0.5) is 4.39 Å². The van der Waals surface area contributed by atoms with Crippen LogP contribution < -0.4 is 5.32 Å². The Morgan fingerprint density at radius 1 is 1.50 bits per heavy atom. The van der Waals surface area contributed by atoms with Gasteiger partial charge in [0.2, 0.25) is 0 Å². The summed E-state index contributed by atoms with van der Waals surface area (Å²) in [5.74, 6) is -0.871. The molecule has 94 valence electrons. The van der Waals surface area contributed by atoms with Crippen molar-refractivity contribution in [3.8, 4) is 0 Å². The Labute approximate surface area is 109 Å². The Balaban J connectivity index is 1.91. The number of amides is 1. The van der Waals surface area contributed by atoms with E-state index in [2.05, 4.69) is 10.3 Å². The number of hydrogen-bond donors (Lipinski definition) is 1. The molecule has 1 aromatic heterocycles. The number of nitrogens with zero attached hydrogens (tertiary/aromatic N) is 1. The zero-order valence-corrected chi connectivity index (χ0v) is 10.8. The number of halogens is 1. The molecular formula is C13H13FN2OS. The number of thiazole rings is 1. The first-order valence-electron chi connectivity index (χ1n) is 5.58. The van der Waals surface area contributed by atoms with Crippen LogP contribution in [0.3, 0.4) is 0 Å². The Morgan fingerprint density at radius 3 is 3.00 bits per heavy atom. The van der Waals surface area contributed by atoms with E-state index in [1.54, 1.807) is 18.5 Å². The van der Waals surface area contributed by atoms with Gasteiger partial charge in [-0.05, 0) is 24.6 Å². The lowest BCUT2D eigenvalue weighted by atomic mass is 10.1. The van der Waals surface area contributed by atoms with E-state index in [0.29, 0.717) is 13.0 Å². The molecule has 0 radical (unpaired) electrons. The van der Waals surface area contributed by atoms with Gasteiger partial charge >= 0.3 is 0 Å². The van der Waals surface area contributed by atoms with Gasteiger partial charge in [-0.3, -0.25) is 4.79 Å². The number of aromatic nitrogens is 1. The average Bonchev–Trinajstić information content (AvgIpc) is 2.81. The highest BCUT2D eigenvalue weighted by atomic mass is 32.1. The largest absolute Gasteiger partial charge is 0.352 e. The molecule has 2 rings (SSSR count). The minimum Gasteiger partial charge on any atom is -0.352 e. The summed E-state index contributed by atoms with van der Waals surface area (Å²) in [6.07, 6.45) is 0.655. The number of benzene rings is 1. The normalized spacial score (nSPS) is 10.3. The van der Waals surface area contributed by atoms with E-state index in [-0.39, 0.29) is 11.5 Å². The lowest BCUT2D eigenvalue weighted by molar-refractivity contribution is 0.0950. The molecule has 3 nitrogen and oxygen atoms in total. The summed E-state index contributed by atoms with van der Waals surface area (Å²) in [4.78, 5) is 15.8. The van der Waals surface area contributed by atoms with Crippen LogP contribution in [-0.4, -0.2) is 17.4 Å². The third kappa shape index (κ3) is 3.13. The molecule has 0 fully saturated rings. The average molecular weight is 264 g/mol. The van der Waals surface area contributed by atoms with Crippen LogP contribution in [0, 0.1) is 12.7 Å². The van der Waals surface area contributed by atoms with E-state index in [0.717, 1.165) is 11.3 Å². The summed E-state index contributed by atoms with van der Waals surface area (Å²) >= 11 is 1.52. The van der Waals surface area contributed by atoms with Crippen molar-refractivity contribution in [1.29, 1.82) is 0 Å². The summed E-state index contributed by atoms with van der Waals surface area (Å²) in [5.41, 5.74) is 3.56. The maximum Gasteiger partial charge on any atom is 0.254 e.